The summed E-state index contributed by atoms with van der Waals surface area (Å²) in [5.41, 5.74) is 1.51. The van der Waals surface area contributed by atoms with E-state index in [0.717, 1.165) is 38.8 Å². The summed E-state index contributed by atoms with van der Waals surface area (Å²) in [7, 11) is 0. The number of rotatable bonds is 9. The summed E-state index contributed by atoms with van der Waals surface area (Å²) in [6, 6.07) is 15.4. The van der Waals surface area contributed by atoms with Crippen LogP contribution in [-0.4, -0.2) is 23.9 Å². The molecule has 0 unspecified atom stereocenters. The van der Waals surface area contributed by atoms with Gasteiger partial charge in [0.2, 0.25) is 5.91 Å². The Labute approximate surface area is 175 Å². The van der Waals surface area contributed by atoms with E-state index in [9.17, 15) is 4.79 Å². The van der Waals surface area contributed by atoms with Crippen molar-refractivity contribution in [3.8, 4) is 0 Å². The molecule has 152 valence electrons. The van der Waals surface area contributed by atoms with Crippen LogP contribution in [0.5, 0.6) is 0 Å². The number of benzene rings is 1. The molecule has 1 fully saturated rings. The van der Waals surface area contributed by atoms with E-state index in [4.69, 9.17) is 0 Å². The zero-order valence-corrected chi connectivity index (χ0v) is 18.4. The second-order valence-electron chi connectivity index (χ2n) is 8.99. The molecule has 2 aromatic rings. The Kier molecular flexibility index (Phi) is 7.73. The lowest BCUT2D eigenvalue weighted by atomic mass is 9.83. The molecule has 0 saturated carbocycles. The summed E-state index contributed by atoms with van der Waals surface area (Å²) in [5, 5.41) is 0. The Morgan fingerprint density at radius 1 is 0.929 bits per heavy atom. The average molecular weight is 398 g/mol. The number of aryl methyl sites for hydroxylation is 3. The summed E-state index contributed by atoms with van der Waals surface area (Å²) >= 11 is 1.96. The van der Waals surface area contributed by atoms with Gasteiger partial charge in [-0.3, -0.25) is 4.79 Å². The standard InChI is InChI=1S/C25H35NOS/c1-25(2,20-24(27)26-18-7-4-8-19-26)17-16-23-15-14-22(28-23)13-9-12-21-10-5-3-6-11-21/h3,5-6,10-11,14-15H,4,7-9,12-13,16-20H2,1-2H3. The number of carbonyl (C=O) groups excluding carboxylic acids is 1. The summed E-state index contributed by atoms with van der Waals surface area (Å²) in [6.07, 6.45) is 10.0. The first-order valence-electron chi connectivity index (χ1n) is 10.9. The Bertz CT molecular complexity index is 728. The third kappa shape index (κ3) is 6.77. The zero-order chi connectivity index (χ0) is 19.8. The molecular weight excluding hydrogens is 362 g/mol. The largest absolute Gasteiger partial charge is 0.343 e. The van der Waals surface area contributed by atoms with Crippen molar-refractivity contribution in [1.82, 2.24) is 4.90 Å². The van der Waals surface area contributed by atoms with E-state index >= 15 is 0 Å². The van der Waals surface area contributed by atoms with Crippen LogP contribution in [0.4, 0.5) is 0 Å². The first-order valence-corrected chi connectivity index (χ1v) is 11.7. The Morgan fingerprint density at radius 3 is 2.32 bits per heavy atom. The minimum atomic E-state index is 0.0754. The first-order chi connectivity index (χ1) is 13.5. The number of amides is 1. The summed E-state index contributed by atoms with van der Waals surface area (Å²) in [5.74, 6) is 0.359. The van der Waals surface area contributed by atoms with Crippen molar-refractivity contribution in [3.05, 3.63) is 57.8 Å². The van der Waals surface area contributed by atoms with E-state index < -0.39 is 0 Å². The second kappa shape index (κ2) is 10.2. The summed E-state index contributed by atoms with van der Waals surface area (Å²) < 4.78 is 0. The maximum atomic E-state index is 12.6. The third-order valence-corrected chi connectivity index (χ3v) is 7.04. The molecule has 0 atom stereocenters. The van der Waals surface area contributed by atoms with Crippen LogP contribution in [0.15, 0.2) is 42.5 Å². The zero-order valence-electron chi connectivity index (χ0n) is 17.6. The van der Waals surface area contributed by atoms with Crippen LogP contribution in [0.2, 0.25) is 0 Å². The van der Waals surface area contributed by atoms with E-state index in [1.165, 1.54) is 41.0 Å². The van der Waals surface area contributed by atoms with Crippen LogP contribution in [-0.2, 0) is 24.1 Å². The molecule has 2 heterocycles. The fourth-order valence-electron chi connectivity index (χ4n) is 4.02. The van der Waals surface area contributed by atoms with Crippen molar-refractivity contribution in [1.29, 1.82) is 0 Å². The van der Waals surface area contributed by atoms with Crippen LogP contribution < -0.4 is 0 Å². The summed E-state index contributed by atoms with van der Waals surface area (Å²) in [4.78, 5) is 17.6. The molecule has 0 spiro atoms. The van der Waals surface area contributed by atoms with Crippen molar-refractivity contribution in [2.45, 2.75) is 71.6 Å². The van der Waals surface area contributed by atoms with Gasteiger partial charge in [-0.1, -0.05) is 44.2 Å². The van der Waals surface area contributed by atoms with Gasteiger partial charge in [0.15, 0.2) is 0 Å². The van der Waals surface area contributed by atoms with E-state index in [1.807, 2.05) is 11.3 Å². The SMILES string of the molecule is CC(C)(CCc1ccc(CCCc2ccccc2)s1)CC(=O)N1CCCCC1. The number of likely N-dealkylation sites (tertiary alicyclic amines) is 1. The molecule has 1 aromatic heterocycles. The molecule has 3 heteroatoms. The number of carbonyl (C=O) groups is 1. The number of thiophene rings is 1. The van der Waals surface area contributed by atoms with Crippen LogP contribution in [0.3, 0.4) is 0 Å². The van der Waals surface area contributed by atoms with Crippen molar-refractivity contribution in [3.63, 3.8) is 0 Å². The van der Waals surface area contributed by atoms with Crippen LogP contribution in [0.25, 0.3) is 0 Å². The number of hydrogen-bond donors (Lipinski definition) is 0. The molecule has 0 N–H and O–H groups in total. The molecule has 3 rings (SSSR count). The minimum Gasteiger partial charge on any atom is -0.343 e. The maximum absolute atomic E-state index is 12.6. The van der Waals surface area contributed by atoms with E-state index in [1.54, 1.807) is 0 Å². The third-order valence-electron chi connectivity index (χ3n) is 5.84. The van der Waals surface area contributed by atoms with E-state index in [-0.39, 0.29) is 5.41 Å². The fraction of sp³-hybridized carbons (Fsp3) is 0.560. The quantitative estimate of drug-likeness (QED) is 0.487. The molecule has 28 heavy (non-hydrogen) atoms. The molecule has 0 radical (unpaired) electrons. The van der Waals surface area contributed by atoms with Crippen LogP contribution in [0, 0.1) is 5.41 Å². The highest BCUT2D eigenvalue weighted by molar-refractivity contribution is 7.11. The lowest BCUT2D eigenvalue weighted by molar-refractivity contribution is -0.134. The van der Waals surface area contributed by atoms with Gasteiger partial charge in [0.05, 0.1) is 0 Å². The van der Waals surface area contributed by atoms with Gasteiger partial charge in [0.25, 0.3) is 0 Å². The maximum Gasteiger partial charge on any atom is 0.223 e. The molecule has 1 aliphatic heterocycles. The Balaban J connectivity index is 1.40. The highest BCUT2D eigenvalue weighted by atomic mass is 32.1. The predicted octanol–water partition coefficient (Wildman–Crippen LogP) is 6.28. The smallest absolute Gasteiger partial charge is 0.223 e. The predicted molar refractivity (Wildman–Crippen MR) is 120 cm³/mol. The molecule has 2 nitrogen and oxygen atoms in total. The van der Waals surface area contributed by atoms with Crippen molar-refractivity contribution in [2.24, 2.45) is 5.41 Å². The lowest BCUT2D eigenvalue weighted by Crippen LogP contribution is -2.38. The molecular formula is C25H35NOS. The lowest BCUT2D eigenvalue weighted by Gasteiger charge is -2.31. The molecule has 1 aromatic carbocycles. The first kappa shape index (κ1) is 21.1. The highest BCUT2D eigenvalue weighted by Gasteiger charge is 2.26. The van der Waals surface area contributed by atoms with Crippen LogP contribution in [0.1, 0.15) is 67.7 Å². The van der Waals surface area contributed by atoms with Gasteiger partial charge in [-0.25, -0.2) is 0 Å². The van der Waals surface area contributed by atoms with Gasteiger partial charge in [-0.2, -0.15) is 0 Å². The fourth-order valence-corrected chi connectivity index (χ4v) is 5.08. The number of piperidine rings is 1. The molecule has 0 bridgehead atoms. The van der Waals surface area contributed by atoms with Gasteiger partial charge in [0, 0.05) is 29.3 Å². The molecule has 1 amide bonds. The second-order valence-corrected chi connectivity index (χ2v) is 10.2. The van der Waals surface area contributed by atoms with Crippen molar-refractivity contribution < 1.29 is 4.79 Å². The molecule has 0 aliphatic carbocycles. The molecule has 1 saturated heterocycles. The van der Waals surface area contributed by atoms with Gasteiger partial charge >= 0.3 is 0 Å². The van der Waals surface area contributed by atoms with Crippen LogP contribution >= 0.6 is 11.3 Å². The normalized spacial score (nSPS) is 15.0. The average Bonchev–Trinajstić information content (AvgIpc) is 3.16. The van der Waals surface area contributed by atoms with Crippen molar-refractivity contribution >= 4 is 17.2 Å². The minimum absolute atomic E-state index is 0.0754. The molecule has 1 aliphatic rings. The van der Waals surface area contributed by atoms with Gasteiger partial charge in [0.1, 0.15) is 0 Å². The monoisotopic (exact) mass is 397 g/mol. The topological polar surface area (TPSA) is 20.3 Å². The van der Waals surface area contributed by atoms with Crippen molar-refractivity contribution in [2.75, 3.05) is 13.1 Å². The summed E-state index contributed by atoms with van der Waals surface area (Å²) in [6.45, 7) is 6.44. The highest BCUT2D eigenvalue weighted by Crippen LogP contribution is 2.30. The van der Waals surface area contributed by atoms with Gasteiger partial charge in [-0.05, 0) is 74.5 Å². The van der Waals surface area contributed by atoms with E-state index in [2.05, 4.69) is 61.2 Å². The van der Waals surface area contributed by atoms with E-state index in [0.29, 0.717) is 12.3 Å². The Hall–Kier alpha value is -1.61. The Morgan fingerprint density at radius 2 is 1.61 bits per heavy atom. The number of hydrogen-bond acceptors (Lipinski definition) is 2. The van der Waals surface area contributed by atoms with Gasteiger partial charge < -0.3 is 4.90 Å². The van der Waals surface area contributed by atoms with Gasteiger partial charge in [-0.15, -0.1) is 11.3 Å². The number of nitrogens with zero attached hydrogens (tertiary/aromatic N) is 1.